The van der Waals surface area contributed by atoms with Gasteiger partial charge in [-0.05, 0) is 75.9 Å². The number of pyridine rings is 2. The quantitative estimate of drug-likeness (QED) is 0.418. The molecular weight excluding hydrogens is 478 g/mol. The number of hydrogen-bond donors (Lipinski definition) is 1. The van der Waals surface area contributed by atoms with Crippen molar-refractivity contribution >= 4 is 29.2 Å². The molecule has 1 N–H and O–H groups in total. The van der Waals surface area contributed by atoms with E-state index in [1.807, 2.05) is 63.2 Å². The molecule has 1 aromatic carbocycles. The minimum Gasteiger partial charge on any atom is -0.443 e. The highest BCUT2D eigenvalue weighted by atomic mass is 16.6. The van der Waals surface area contributed by atoms with Gasteiger partial charge in [0.15, 0.2) is 0 Å². The van der Waals surface area contributed by atoms with E-state index in [4.69, 9.17) is 4.74 Å². The van der Waals surface area contributed by atoms with Gasteiger partial charge in [-0.3, -0.25) is 14.7 Å². The van der Waals surface area contributed by atoms with Gasteiger partial charge in [-0.2, -0.15) is 0 Å². The third-order valence-corrected chi connectivity index (χ3v) is 6.46. The number of carbonyl (C=O) groups is 2. The first kappa shape index (κ1) is 27.1. The van der Waals surface area contributed by atoms with Crippen LogP contribution in [-0.2, 0) is 11.2 Å². The van der Waals surface area contributed by atoms with Crippen LogP contribution < -0.4 is 15.1 Å². The predicted octanol–water partition coefficient (Wildman–Crippen LogP) is 5.95. The molecule has 1 aliphatic heterocycles. The lowest BCUT2D eigenvalue weighted by Gasteiger charge is -2.32. The van der Waals surface area contributed by atoms with Crippen molar-refractivity contribution < 1.29 is 14.3 Å². The Kier molecular flexibility index (Phi) is 8.61. The van der Waals surface area contributed by atoms with E-state index >= 15 is 0 Å². The summed E-state index contributed by atoms with van der Waals surface area (Å²) in [6.07, 6.45) is 5.66. The summed E-state index contributed by atoms with van der Waals surface area (Å²) in [5, 5.41) is 3.01. The molecule has 1 aliphatic rings. The van der Waals surface area contributed by atoms with Gasteiger partial charge in [0.25, 0.3) is 5.91 Å². The molecule has 0 radical (unpaired) electrons. The maximum absolute atomic E-state index is 13.3. The number of anilines is 3. The molecule has 0 aliphatic carbocycles. The van der Waals surface area contributed by atoms with Crippen molar-refractivity contribution in [3.63, 3.8) is 0 Å². The molecule has 4 rings (SSSR count). The number of hydrogen-bond acceptors (Lipinski definition) is 6. The summed E-state index contributed by atoms with van der Waals surface area (Å²) in [4.78, 5) is 39.0. The molecule has 0 saturated carbocycles. The number of rotatable bonds is 7. The Labute approximate surface area is 225 Å². The van der Waals surface area contributed by atoms with Gasteiger partial charge in [0, 0.05) is 55.5 Å². The Morgan fingerprint density at radius 1 is 1.03 bits per heavy atom. The normalized spacial score (nSPS) is 14.2. The highest BCUT2D eigenvalue weighted by Gasteiger charge is 2.24. The number of nitrogens with one attached hydrogen (secondary N) is 1. The van der Waals surface area contributed by atoms with Gasteiger partial charge in [0.05, 0.1) is 5.56 Å². The van der Waals surface area contributed by atoms with Crippen molar-refractivity contribution in [1.82, 2.24) is 9.97 Å². The summed E-state index contributed by atoms with van der Waals surface area (Å²) in [5.41, 5.74) is 2.10. The molecule has 0 atom stereocenters. The molecule has 8 heteroatoms. The van der Waals surface area contributed by atoms with Crippen molar-refractivity contribution in [1.29, 1.82) is 0 Å². The molecule has 38 heavy (non-hydrogen) atoms. The van der Waals surface area contributed by atoms with E-state index in [2.05, 4.69) is 27.1 Å². The molecule has 2 amide bonds. The monoisotopic (exact) mass is 515 g/mol. The first-order chi connectivity index (χ1) is 18.2. The molecule has 3 heterocycles. The lowest BCUT2D eigenvalue weighted by molar-refractivity contribution is 0.0580. The Morgan fingerprint density at radius 2 is 1.76 bits per heavy atom. The van der Waals surface area contributed by atoms with Crippen molar-refractivity contribution in [3.8, 4) is 0 Å². The van der Waals surface area contributed by atoms with Crippen LogP contribution in [0.2, 0.25) is 0 Å². The summed E-state index contributed by atoms with van der Waals surface area (Å²) >= 11 is 0. The van der Waals surface area contributed by atoms with E-state index in [1.54, 1.807) is 29.4 Å². The maximum atomic E-state index is 13.3. The molecule has 1 saturated heterocycles. The van der Waals surface area contributed by atoms with Gasteiger partial charge in [-0.25, -0.2) is 9.78 Å². The van der Waals surface area contributed by atoms with E-state index < -0.39 is 11.7 Å². The zero-order valence-corrected chi connectivity index (χ0v) is 22.7. The Hall–Kier alpha value is -3.94. The number of piperidine rings is 1. The van der Waals surface area contributed by atoms with Crippen LogP contribution in [0.5, 0.6) is 0 Å². The van der Waals surface area contributed by atoms with Gasteiger partial charge >= 0.3 is 6.09 Å². The first-order valence-corrected chi connectivity index (χ1v) is 13.2. The number of ether oxygens (including phenoxy) is 1. The topological polar surface area (TPSA) is 87.7 Å². The molecule has 0 spiro atoms. The van der Waals surface area contributed by atoms with E-state index in [0.29, 0.717) is 30.1 Å². The van der Waals surface area contributed by atoms with Crippen molar-refractivity contribution in [2.45, 2.75) is 52.6 Å². The molecule has 2 aromatic heterocycles. The van der Waals surface area contributed by atoms with E-state index in [0.717, 1.165) is 43.1 Å². The van der Waals surface area contributed by atoms with Crippen LogP contribution in [0.4, 0.5) is 22.0 Å². The second-order valence-electron chi connectivity index (χ2n) is 10.8. The van der Waals surface area contributed by atoms with Crippen LogP contribution in [0.1, 0.15) is 56.6 Å². The number of nitrogens with zero attached hydrogens (tertiary/aromatic N) is 4. The van der Waals surface area contributed by atoms with E-state index in [1.165, 1.54) is 0 Å². The third kappa shape index (κ3) is 7.31. The Morgan fingerprint density at radius 3 is 2.47 bits per heavy atom. The van der Waals surface area contributed by atoms with Crippen LogP contribution in [0.25, 0.3) is 0 Å². The minimum atomic E-state index is -0.607. The lowest BCUT2D eigenvalue weighted by atomic mass is 9.99. The smallest absolute Gasteiger partial charge is 0.414 e. The van der Waals surface area contributed by atoms with Crippen molar-refractivity contribution in [2.75, 3.05) is 34.8 Å². The molecule has 0 bridgehead atoms. The van der Waals surface area contributed by atoms with Gasteiger partial charge in [0.2, 0.25) is 0 Å². The lowest BCUT2D eigenvalue weighted by Crippen LogP contribution is -2.38. The van der Waals surface area contributed by atoms with Crippen LogP contribution in [-0.4, -0.2) is 47.2 Å². The molecule has 8 nitrogen and oxygen atoms in total. The highest BCUT2D eigenvalue weighted by Crippen LogP contribution is 2.25. The van der Waals surface area contributed by atoms with E-state index in [-0.39, 0.29) is 5.91 Å². The summed E-state index contributed by atoms with van der Waals surface area (Å²) in [6, 6.07) is 16.7. The molecular formula is C30H37N5O3. The number of benzene rings is 1. The number of carbonyl (C=O) groups excluding carboxylic acids is 2. The van der Waals surface area contributed by atoms with E-state index in [9.17, 15) is 9.59 Å². The van der Waals surface area contributed by atoms with Crippen LogP contribution in [0.15, 0.2) is 67.0 Å². The van der Waals surface area contributed by atoms with Gasteiger partial charge in [-0.1, -0.05) is 25.1 Å². The van der Waals surface area contributed by atoms with Gasteiger partial charge in [0.1, 0.15) is 11.4 Å². The fourth-order valence-corrected chi connectivity index (χ4v) is 4.41. The fraction of sp³-hybridized carbons (Fsp3) is 0.400. The summed E-state index contributed by atoms with van der Waals surface area (Å²) in [7, 11) is 0. The SMILES string of the molecule is CC1CCN(c2ncccc2C(=O)Nc2ccnc(CCN(C(=O)OC(C)(C)C)c3ccccc3)c2)CC1. The molecule has 200 valence electrons. The maximum Gasteiger partial charge on any atom is 0.414 e. The summed E-state index contributed by atoms with van der Waals surface area (Å²) < 4.78 is 5.63. The molecule has 3 aromatic rings. The number of aromatic nitrogens is 2. The summed E-state index contributed by atoms with van der Waals surface area (Å²) in [6.45, 7) is 9.98. The fourth-order valence-electron chi connectivity index (χ4n) is 4.41. The largest absolute Gasteiger partial charge is 0.443 e. The van der Waals surface area contributed by atoms with Crippen LogP contribution in [0, 0.1) is 5.92 Å². The second kappa shape index (κ2) is 12.1. The van der Waals surface area contributed by atoms with Crippen molar-refractivity contribution in [3.05, 3.63) is 78.2 Å². The van der Waals surface area contributed by atoms with Gasteiger partial charge < -0.3 is 15.0 Å². The Balaban J connectivity index is 1.45. The number of para-hydroxylation sites is 1. The molecule has 1 fully saturated rings. The average Bonchev–Trinajstić information content (AvgIpc) is 2.89. The zero-order chi connectivity index (χ0) is 27.1. The first-order valence-electron chi connectivity index (χ1n) is 13.2. The average molecular weight is 516 g/mol. The third-order valence-electron chi connectivity index (χ3n) is 6.46. The van der Waals surface area contributed by atoms with Crippen LogP contribution in [0.3, 0.4) is 0 Å². The second-order valence-corrected chi connectivity index (χ2v) is 10.8. The standard InChI is InChI=1S/C30H37N5O3/c1-22-13-18-34(19-14-22)27-26(11-8-16-32-27)28(36)33-24-12-17-31-23(21-24)15-20-35(25-9-6-5-7-10-25)29(37)38-30(2,3)4/h5-12,16-17,21-22H,13-15,18-20H2,1-4H3,(H,31,33,36). The highest BCUT2D eigenvalue weighted by molar-refractivity contribution is 6.07. The van der Waals surface area contributed by atoms with Crippen LogP contribution >= 0.6 is 0 Å². The zero-order valence-electron chi connectivity index (χ0n) is 22.7. The summed E-state index contributed by atoms with van der Waals surface area (Å²) in [5.74, 6) is 1.21. The Bertz CT molecular complexity index is 1230. The number of amides is 2. The van der Waals surface area contributed by atoms with Gasteiger partial charge in [-0.15, -0.1) is 0 Å². The minimum absolute atomic E-state index is 0.205. The molecule has 0 unspecified atom stereocenters. The predicted molar refractivity (Wildman–Crippen MR) is 151 cm³/mol. The van der Waals surface area contributed by atoms with Crippen molar-refractivity contribution in [2.24, 2.45) is 5.92 Å².